The minimum Gasteiger partial charge on any atom is -0.497 e. The van der Waals surface area contributed by atoms with Gasteiger partial charge in [-0.3, -0.25) is 4.90 Å². The zero-order valence-corrected chi connectivity index (χ0v) is 16.6. The van der Waals surface area contributed by atoms with Crippen LogP contribution in [0.15, 0.2) is 36.4 Å². The predicted octanol–water partition coefficient (Wildman–Crippen LogP) is 4.85. The second-order valence-electron chi connectivity index (χ2n) is 7.98. The second kappa shape index (κ2) is 6.06. The molecule has 1 amide bonds. The Morgan fingerprint density at radius 1 is 1.15 bits per heavy atom. The molecule has 0 aliphatic carbocycles. The van der Waals surface area contributed by atoms with Crippen molar-refractivity contribution in [2.75, 3.05) is 20.2 Å². The normalized spacial score (nSPS) is 16.7. The number of halogens is 1. The molecule has 0 radical (unpaired) electrons. The molecule has 2 aromatic carbocycles. The largest absolute Gasteiger partial charge is 0.497 e. The molecule has 2 aliphatic rings. The van der Waals surface area contributed by atoms with E-state index in [0.29, 0.717) is 18.1 Å². The quantitative estimate of drug-likeness (QED) is 0.701. The van der Waals surface area contributed by atoms with Crippen LogP contribution in [0.5, 0.6) is 11.5 Å². The van der Waals surface area contributed by atoms with Gasteiger partial charge >= 0.3 is 6.09 Å². The van der Waals surface area contributed by atoms with Crippen LogP contribution in [0.25, 0.3) is 11.1 Å². The number of fused-ring (bicyclic) bond motifs is 4. The molecule has 2 aromatic rings. The Balaban J connectivity index is 1.70. The number of methoxy groups -OCH3 is 1. The van der Waals surface area contributed by atoms with Crippen molar-refractivity contribution in [1.82, 2.24) is 4.90 Å². The first kappa shape index (κ1) is 18.0. The summed E-state index contributed by atoms with van der Waals surface area (Å²) in [6, 6.07) is 11.6. The summed E-state index contributed by atoms with van der Waals surface area (Å²) in [7, 11) is 1.64. The van der Waals surface area contributed by atoms with Crippen molar-refractivity contribution < 1.29 is 19.0 Å². The summed E-state index contributed by atoms with van der Waals surface area (Å²) in [4.78, 5) is 14.1. The van der Waals surface area contributed by atoms with Crippen LogP contribution in [0.1, 0.15) is 26.3 Å². The molecule has 0 saturated carbocycles. The molecule has 0 unspecified atom stereocenters. The Morgan fingerprint density at radius 3 is 2.52 bits per heavy atom. The molecular formula is C21H22ClNO4. The van der Waals surface area contributed by atoms with Crippen molar-refractivity contribution >= 4 is 17.7 Å². The van der Waals surface area contributed by atoms with E-state index in [1.165, 1.54) is 0 Å². The lowest BCUT2D eigenvalue weighted by molar-refractivity contribution is -0.0875. The van der Waals surface area contributed by atoms with Crippen LogP contribution in [0.4, 0.5) is 4.79 Å². The van der Waals surface area contributed by atoms with Gasteiger partial charge in [0.1, 0.15) is 17.1 Å². The number of benzene rings is 2. The minimum absolute atomic E-state index is 0.335. The molecule has 0 atom stereocenters. The maximum absolute atomic E-state index is 12.4. The van der Waals surface area contributed by atoms with E-state index in [4.69, 9.17) is 25.8 Å². The number of likely N-dealkylation sites (tertiary alicyclic amines) is 1. The van der Waals surface area contributed by atoms with Crippen molar-refractivity contribution in [3.05, 3.63) is 47.0 Å². The summed E-state index contributed by atoms with van der Waals surface area (Å²) >= 11 is 6.17. The summed E-state index contributed by atoms with van der Waals surface area (Å²) < 4.78 is 17.3. The van der Waals surface area contributed by atoms with E-state index in [2.05, 4.69) is 0 Å². The van der Waals surface area contributed by atoms with Gasteiger partial charge in [0, 0.05) is 16.1 Å². The number of nitrogens with zero attached hydrogens (tertiary/aromatic N) is 1. The zero-order valence-electron chi connectivity index (χ0n) is 15.8. The third-order valence-electron chi connectivity index (χ3n) is 4.80. The van der Waals surface area contributed by atoms with Gasteiger partial charge in [0.25, 0.3) is 0 Å². The number of rotatable bonds is 1. The summed E-state index contributed by atoms with van der Waals surface area (Å²) in [5, 5.41) is 0.615. The monoisotopic (exact) mass is 387 g/mol. The van der Waals surface area contributed by atoms with Gasteiger partial charge in [0.2, 0.25) is 0 Å². The molecule has 0 N–H and O–H groups in total. The van der Waals surface area contributed by atoms with E-state index in [1.54, 1.807) is 12.0 Å². The molecule has 0 bridgehead atoms. The fraction of sp³-hybridized carbons (Fsp3) is 0.381. The van der Waals surface area contributed by atoms with E-state index in [1.807, 2.05) is 57.2 Å². The first-order valence-electron chi connectivity index (χ1n) is 8.86. The summed E-state index contributed by atoms with van der Waals surface area (Å²) in [6.07, 6.45) is -0.335. The molecule has 5 nitrogen and oxygen atoms in total. The average molecular weight is 388 g/mol. The lowest BCUT2D eigenvalue weighted by atomic mass is 9.79. The van der Waals surface area contributed by atoms with Gasteiger partial charge in [0.05, 0.1) is 20.2 Å². The van der Waals surface area contributed by atoms with Crippen molar-refractivity contribution in [1.29, 1.82) is 0 Å². The second-order valence-corrected chi connectivity index (χ2v) is 8.42. The standard InChI is InChI=1S/C21H22ClNO4/c1-20(2,3)27-19(24)23-11-21(12-23)17-10-14(25-4)6-8-15(17)16-7-5-13(22)9-18(16)26-21/h5-10H,11-12H2,1-4H3. The van der Waals surface area contributed by atoms with E-state index in [9.17, 15) is 4.79 Å². The Labute approximate surface area is 163 Å². The van der Waals surface area contributed by atoms with Crippen molar-refractivity contribution in [2.45, 2.75) is 32.0 Å². The van der Waals surface area contributed by atoms with Crippen molar-refractivity contribution in [3.8, 4) is 22.6 Å². The van der Waals surface area contributed by atoms with E-state index >= 15 is 0 Å². The van der Waals surface area contributed by atoms with Crippen LogP contribution in [0.3, 0.4) is 0 Å². The van der Waals surface area contributed by atoms with Gasteiger partial charge in [-0.25, -0.2) is 4.79 Å². The minimum atomic E-state index is -0.627. The number of carbonyl (C=O) groups is 1. The highest BCUT2D eigenvalue weighted by atomic mass is 35.5. The third kappa shape index (κ3) is 3.10. The van der Waals surface area contributed by atoms with Crippen LogP contribution in [-0.2, 0) is 10.3 Å². The van der Waals surface area contributed by atoms with Gasteiger partial charge in [-0.15, -0.1) is 0 Å². The number of amides is 1. The average Bonchev–Trinajstić information content (AvgIpc) is 2.56. The Morgan fingerprint density at radius 2 is 1.85 bits per heavy atom. The lowest BCUT2D eigenvalue weighted by Crippen LogP contribution is -2.65. The molecule has 1 fully saturated rings. The number of hydrogen-bond acceptors (Lipinski definition) is 4. The Kier molecular flexibility index (Phi) is 4.04. The maximum Gasteiger partial charge on any atom is 0.410 e. The highest BCUT2D eigenvalue weighted by Gasteiger charge is 2.53. The fourth-order valence-electron chi connectivity index (χ4n) is 3.59. The molecule has 4 rings (SSSR count). The first-order valence-corrected chi connectivity index (χ1v) is 9.24. The van der Waals surface area contributed by atoms with E-state index < -0.39 is 11.2 Å². The molecular weight excluding hydrogens is 366 g/mol. The predicted molar refractivity (Wildman–Crippen MR) is 104 cm³/mol. The van der Waals surface area contributed by atoms with Crippen LogP contribution in [-0.4, -0.2) is 36.8 Å². The molecule has 1 saturated heterocycles. The highest BCUT2D eigenvalue weighted by molar-refractivity contribution is 6.30. The van der Waals surface area contributed by atoms with Crippen LogP contribution in [0.2, 0.25) is 5.02 Å². The molecule has 2 heterocycles. The van der Waals surface area contributed by atoms with Crippen molar-refractivity contribution in [2.24, 2.45) is 0 Å². The highest BCUT2D eigenvalue weighted by Crippen LogP contribution is 2.50. The smallest absolute Gasteiger partial charge is 0.410 e. The molecule has 27 heavy (non-hydrogen) atoms. The Bertz CT molecular complexity index is 913. The topological polar surface area (TPSA) is 48.0 Å². The van der Waals surface area contributed by atoms with Crippen LogP contribution < -0.4 is 9.47 Å². The number of ether oxygens (including phenoxy) is 3. The first-order chi connectivity index (χ1) is 12.7. The number of hydrogen-bond donors (Lipinski definition) is 0. The fourth-order valence-corrected chi connectivity index (χ4v) is 3.75. The Hall–Kier alpha value is -2.40. The van der Waals surface area contributed by atoms with Gasteiger partial charge in [-0.05, 0) is 56.7 Å². The van der Waals surface area contributed by atoms with E-state index in [-0.39, 0.29) is 6.09 Å². The van der Waals surface area contributed by atoms with Gasteiger partial charge in [0.15, 0.2) is 5.60 Å². The third-order valence-corrected chi connectivity index (χ3v) is 5.04. The molecule has 142 valence electrons. The lowest BCUT2D eigenvalue weighted by Gasteiger charge is -2.52. The van der Waals surface area contributed by atoms with E-state index in [0.717, 1.165) is 28.2 Å². The molecule has 2 aliphatic heterocycles. The molecule has 1 spiro atoms. The summed E-state index contributed by atoms with van der Waals surface area (Å²) in [5.41, 5.74) is 1.90. The van der Waals surface area contributed by atoms with Gasteiger partial charge in [-0.1, -0.05) is 17.7 Å². The molecule has 6 heteroatoms. The molecule has 0 aromatic heterocycles. The maximum atomic E-state index is 12.4. The van der Waals surface area contributed by atoms with Gasteiger partial charge < -0.3 is 14.2 Å². The van der Waals surface area contributed by atoms with Crippen LogP contribution in [0, 0.1) is 0 Å². The van der Waals surface area contributed by atoms with Gasteiger partial charge in [-0.2, -0.15) is 0 Å². The zero-order chi connectivity index (χ0) is 19.4. The summed E-state index contributed by atoms with van der Waals surface area (Å²) in [5.74, 6) is 1.48. The number of carbonyl (C=O) groups excluding carboxylic acids is 1. The van der Waals surface area contributed by atoms with Crippen LogP contribution >= 0.6 is 11.6 Å². The van der Waals surface area contributed by atoms with Crippen molar-refractivity contribution in [3.63, 3.8) is 0 Å². The summed E-state index contributed by atoms with van der Waals surface area (Å²) in [6.45, 7) is 6.39. The SMILES string of the molecule is COc1ccc2c(c1)C1(CN(C(=O)OC(C)(C)C)C1)Oc1cc(Cl)ccc1-2.